The molecule has 0 radical (unpaired) electrons. The highest BCUT2D eigenvalue weighted by Crippen LogP contribution is 2.28. The Hall–Kier alpha value is -3.44. The van der Waals surface area contributed by atoms with Crippen LogP contribution in [0.25, 0.3) is 6.08 Å². The molecule has 8 heteroatoms. The van der Waals surface area contributed by atoms with Gasteiger partial charge in [0.2, 0.25) is 0 Å². The molecule has 0 unspecified atom stereocenters. The van der Waals surface area contributed by atoms with Gasteiger partial charge in [0.05, 0.1) is 16.1 Å². The van der Waals surface area contributed by atoms with E-state index in [1.807, 2.05) is 22.8 Å². The van der Waals surface area contributed by atoms with Crippen LogP contribution in [0.2, 0.25) is 0 Å². The van der Waals surface area contributed by atoms with Crippen LogP contribution < -0.4 is 15.4 Å². The molecule has 1 aliphatic rings. The van der Waals surface area contributed by atoms with E-state index in [9.17, 15) is 14.4 Å². The van der Waals surface area contributed by atoms with Crippen molar-refractivity contribution in [2.45, 2.75) is 6.61 Å². The lowest BCUT2D eigenvalue weighted by molar-refractivity contribution is -0.123. The molecule has 27 heavy (non-hydrogen) atoms. The van der Waals surface area contributed by atoms with Crippen molar-refractivity contribution >= 4 is 39.9 Å². The third-order valence-corrected chi connectivity index (χ3v) is 4.35. The summed E-state index contributed by atoms with van der Waals surface area (Å²) >= 11 is 3.39. The maximum Gasteiger partial charge on any atom is 0.328 e. The zero-order valence-electron chi connectivity index (χ0n) is 13.8. The number of hydrogen-bond acceptors (Lipinski definition) is 5. The fourth-order valence-electron chi connectivity index (χ4n) is 2.41. The Balaban J connectivity index is 1.77. The molecule has 1 aliphatic heterocycles. The summed E-state index contributed by atoms with van der Waals surface area (Å²) in [4.78, 5) is 34.6. The lowest BCUT2D eigenvalue weighted by Gasteiger charge is -2.14. The van der Waals surface area contributed by atoms with Gasteiger partial charge in [0.1, 0.15) is 17.9 Å². The molecule has 2 N–H and O–H groups in total. The molecule has 0 atom stereocenters. The Bertz CT molecular complexity index is 1000. The average Bonchev–Trinajstić information content (AvgIpc) is 2.64. The average molecular weight is 426 g/mol. The van der Waals surface area contributed by atoms with Crippen LogP contribution in [-0.4, -0.2) is 17.8 Å². The minimum Gasteiger partial charge on any atom is -0.488 e. The molecule has 1 saturated heterocycles. The summed E-state index contributed by atoms with van der Waals surface area (Å²) in [6.45, 7) is 0.218. The topological polar surface area (TPSA) is 108 Å². The summed E-state index contributed by atoms with van der Waals surface area (Å²) in [5.74, 6) is -0.973. The number of carbonyl (C=O) groups is 3. The van der Waals surface area contributed by atoms with Gasteiger partial charge in [-0.2, -0.15) is 5.26 Å². The molecular formula is C19H12BrN3O4. The fraction of sp³-hybridized carbons (Fsp3) is 0.0526. The van der Waals surface area contributed by atoms with Crippen molar-refractivity contribution in [3.05, 3.63) is 69.2 Å². The van der Waals surface area contributed by atoms with Crippen LogP contribution in [0.15, 0.2) is 52.5 Å². The number of hydrogen-bond donors (Lipinski definition) is 2. The molecule has 1 heterocycles. The van der Waals surface area contributed by atoms with Gasteiger partial charge in [0.25, 0.3) is 11.8 Å². The van der Waals surface area contributed by atoms with Gasteiger partial charge < -0.3 is 4.74 Å². The van der Waals surface area contributed by atoms with Gasteiger partial charge in [0, 0.05) is 5.56 Å². The predicted octanol–water partition coefficient (Wildman–Crippen LogP) is 2.65. The lowest BCUT2D eigenvalue weighted by Crippen LogP contribution is -2.51. The van der Waals surface area contributed by atoms with Crippen molar-refractivity contribution in [2.24, 2.45) is 0 Å². The summed E-state index contributed by atoms with van der Waals surface area (Å²) in [5.41, 5.74) is 1.71. The summed E-state index contributed by atoms with van der Waals surface area (Å²) < 4.78 is 6.35. The minimum absolute atomic E-state index is 0.168. The highest BCUT2D eigenvalue weighted by molar-refractivity contribution is 9.10. The molecule has 1 fully saturated rings. The van der Waals surface area contributed by atoms with Crippen LogP contribution >= 0.6 is 15.9 Å². The highest BCUT2D eigenvalue weighted by atomic mass is 79.9. The van der Waals surface area contributed by atoms with E-state index in [-0.39, 0.29) is 12.2 Å². The van der Waals surface area contributed by atoms with Crippen LogP contribution in [0.1, 0.15) is 16.7 Å². The van der Waals surface area contributed by atoms with E-state index in [0.29, 0.717) is 21.3 Å². The van der Waals surface area contributed by atoms with Crippen LogP contribution in [0, 0.1) is 11.3 Å². The number of nitrogens with one attached hydrogen (secondary N) is 2. The van der Waals surface area contributed by atoms with E-state index in [1.54, 1.807) is 30.3 Å². The standard InChI is InChI=1S/C19H12BrN3O4/c20-15-8-11(7-14-17(24)22-19(26)23-18(14)25)5-6-16(15)27-10-13-4-2-1-3-12(13)9-21/h1-8H,10H2,(H2,22,23,24,25,26). The number of halogens is 1. The highest BCUT2D eigenvalue weighted by Gasteiger charge is 2.27. The SMILES string of the molecule is N#Cc1ccccc1COc1ccc(C=C2C(=O)NC(=O)NC2=O)cc1Br. The largest absolute Gasteiger partial charge is 0.488 e. The summed E-state index contributed by atoms with van der Waals surface area (Å²) in [7, 11) is 0. The Labute approximate surface area is 162 Å². The number of carbonyl (C=O) groups excluding carboxylic acids is 3. The number of barbiturate groups is 1. The third kappa shape index (κ3) is 4.22. The molecule has 0 saturated carbocycles. The van der Waals surface area contributed by atoms with Gasteiger partial charge in [-0.1, -0.05) is 24.3 Å². The Morgan fingerprint density at radius 3 is 2.44 bits per heavy atom. The quantitative estimate of drug-likeness (QED) is 0.577. The van der Waals surface area contributed by atoms with E-state index in [2.05, 4.69) is 22.0 Å². The molecule has 7 nitrogen and oxygen atoms in total. The van der Waals surface area contributed by atoms with E-state index in [0.717, 1.165) is 5.56 Å². The van der Waals surface area contributed by atoms with Crippen LogP contribution in [0.5, 0.6) is 5.75 Å². The van der Waals surface area contributed by atoms with E-state index in [4.69, 9.17) is 10.00 Å². The number of rotatable bonds is 4. The van der Waals surface area contributed by atoms with Gasteiger partial charge in [-0.25, -0.2) is 4.79 Å². The molecule has 4 amide bonds. The van der Waals surface area contributed by atoms with Crippen molar-refractivity contribution in [3.8, 4) is 11.8 Å². The van der Waals surface area contributed by atoms with Gasteiger partial charge in [-0.05, 0) is 45.8 Å². The third-order valence-electron chi connectivity index (χ3n) is 3.73. The summed E-state index contributed by atoms with van der Waals surface area (Å²) in [5, 5.41) is 13.1. The monoisotopic (exact) mass is 425 g/mol. The first-order valence-electron chi connectivity index (χ1n) is 7.76. The smallest absolute Gasteiger partial charge is 0.328 e. The first kappa shape index (κ1) is 18.4. The lowest BCUT2D eigenvalue weighted by atomic mass is 10.1. The molecule has 0 bridgehead atoms. The van der Waals surface area contributed by atoms with Crippen LogP contribution in [0.3, 0.4) is 0 Å². The zero-order chi connectivity index (χ0) is 19.4. The minimum atomic E-state index is -0.843. The Kier molecular flexibility index (Phi) is 5.33. The number of ether oxygens (including phenoxy) is 1. The molecule has 0 aromatic heterocycles. The van der Waals surface area contributed by atoms with Crippen molar-refractivity contribution in [1.29, 1.82) is 5.26 Å². The van der Waals surface area contributed by atoms with Crippen molar-refractivity contribution < 1.29 is 19.1 Å². The Morgan fingerprint density at radius 2 is 1.78 bits per heavy atom. The second-order valence-electron chi connectivity index (χ2n) is 5.54. The molecule has 3 rings (SSSR count). The first-order valence-corrected chi connectivity index (χ1v) is 8.56. The van der Waals surface area contributed by atoms with E-state index >= 15 is 0 Å². The van der Waals surface area contributed by atoms with Crippen LogP contribution in [0.4, 0.5) is 4.79 Å². The molecular weight excluding hydrogens is 414 g/mol. The van der Waals surface area contributed by atoms with E-state index in [1.165, 1.54) is 6.08 Å². The molecule has 0 aliphatic carbocycles. The van der Waals surface area contributed by atoms with Crippen molar-refractivity contribution in [3.63, 3.8) is 0 Å². The van der Waals surface area contributed by atoms with Gasteiger partial charge in [-0.15, -0.1) is 0 Å². The summed E-state index contributed by atoms with van der Waals surface area (Å²) in [6, 6.07) is 13.4. The number of benzene rings is 2. The second kappa shape index (κ2) is 7.85. The maximum atomic E-state index is 11.8. The number of nitrogens with zero attached hydrogens (tertiary/aromatic N) is 1. The molecule has 2 aromatic rings. The van der Waals surface area contributed by atoms with Gasteiger partial charge >= 0.3 is 6.03 Å². The Morgan fingerprint density at radius 1 is 1.07 bits per heavy atom. The fourth-order valence-corrected chi connectivity index (χ4v) is 2.92. The first-order chi connectivity index (χ1) is 13.0. The number of nitriles is 1. The molecule has 0 spiro atoms. The van der Waals surface area contributed by atoms with Crippen molar-refractivity contribution in [1.82, 2.24) is 10.6 Å². The number of amides is 4. The predicted molar refractivity (Wildman–Crippen MR) is 99.3 cm³/mol. The van der Waals surface area contributed by atoms with Gasteiger partial charge in [0.15, 0.2) is 0 Å². The molecule has 134 valence electrons. The van der Waals surface area contributed by atoms with E-state index < -0.39 is 17.8 Å². The normalized spacial score (nSPS) is 13.5. The van der Waals surface area contributed by atoms with Gasteiger partial charge in [-0.3, -0.25) is 20.2 Å². The zero-order valence-corrected chi connectivity index (χ0v) is 15.4. The van der Waals surface area contributed by atoms with Crippen LogP contribution in [-0.2, 0) is 16.2 Å². The number of urea groups is 1. The van der Waals surface area contributed by atoms with Crippen molar-refractivity contribution in [2.75, 3.05) is 0 Å². The molecule has 2 aromatic carbocycles. The number of imide groups is 2. The summed E-state index contributed by atoms with van der Waals surface area (Å²) in [6.07, 6.45) is 1.37. The maximum absolute atomic E-state index is 11.8. The second-order valence-corrected chi connectivity index (χ2v) is 6.40.